The van der Waals surface area contributed by atoms with Crippen molar-refractivity contribution in [3.8, 4) is 0 Å². The number of hydrogen-bond acceptors (Lipinski definition) is 10. The topological polar surface area (TPSA) is 155 Å². The monoisotopic (exact) mass is 1130 g/mol. The smallest absolute Gasteiger partial charge is 0.461 e. The van der Waals surface area contributed by atoms with Gasteiger partial charge in [-0.3, -0.25) is 23.4 Å². The largest absolute Gasteiger partial charge is 0.472 e. The Labute approximate surface area is 486 Å². The SMILES string of the molecule is CC/C=C\C/C=C\C/C=C\C/C=C\C/C=C\CCCCCC(=O)OC(COC(=O)C/C=C\C/C=C\C/C=C\C/C=C\C/C=C\CC)COP(=O)(O)OCC(CO)OC(=O)CCCCCCCCCCC/C=C\C/C=C\CCCCC. The molecule has 0 aliphatic carbocycles. The Kier molecular flexibility index (Phi) is 56.9. The third-order valence-electron chi connectivity index (χ3n) is 12.3. The van der Waals surface area contributed by atoms with Crippen LogP contribution in [-0.4, -0.2) is 66.5 Å². The maximum Gasteiger partial charge on any atom is 0.472 e. The Morgan fingerprint density at radius 3 is 1.07 bits per heavy atom. The zero-order valence-electron chi connectivity index (χ0n) is 50.0. The Balaban J connectivity index is 4.84. The fourth-order valence-corrected chi connectivity index (χ4v) is 8.45. The summed E-state index contributed by atoms with van der Waals surface area (Å²) in [6, 6.07) is 0. The van der Waals surface area contributed by atoms with Gasteiger partial charge in [0.15, 0.2) is 6.10 Å². The van der Waals surface area contributed by atoms with E-state index < -0.39 is 64.4 Å². The Bertz CT molecular complexity index is 1900. The van der Waals surface area contributed by atoms with Gasteiger partial charge in [0.25, 0.3) is 0 Å². The molecule has 0 fully saturated rings. The molecular weight excluding hydrogens is 1020 g/mol. The van der Waals surface area contributed by atoms with E-state index in [1.54, 1.807) is 6.08 Å². The highest BCUT2D eigenvalue weighted by molar-refractivity contribution is 7.47. The number of phosphoric ester groups is 1. The second-order valence-electron chi connectivity index (χ2n) is 19.8. The maximum absolute atomic E-state index is 12.9. The summed E-state index contributed by atoms with van der Waals surface area (Å²) in [6.07, 6.45) is 78.3. The predicted octanol–water partition coefficient (Wildman–Crippen LogP) is 18.7. The summed E-state index contributed by atoms with van der Waals surface area (Å²) in [5.41, 5.74) is 0. The van der Waals surface area contributed by atoms with Crippen LogP contribution in [-0.2, 0) is 42.2 Å². The third-order valence-corrected chi connectivity index (χ3v) is 13.2. The van der Waals surface area contributed by atoms with Gasteiger partial charge in [-0.25, -0.2) is 4.57 Å². The average Bonchev–Trinajstić information content (AvgIpc) is 3.45. The molecule has 452 valence electrons. The lowest BCUT2D eigenvalue weighted by molar-refractivity contribution is -0.161. The van der Waals surface area contributed by atoms with E-state index in [0.29, 0.717) is 19.3 Å². The number of aliphatic hydroxyl groups excluding tert-OH is 1. The highest BCUT2D eigenvalue weighted by atomic mass is 31.2. The van der Waals surface area contributed by atoms with Crippen molar-refractivity contribution in [2.24, 2.45) is 0 Å². The van der Waals surface area contributed by atoms with Gasteiger partial charge in [-0.1, -0.05) is 231 Å². The van der Waals surface area contributed by atoms with Gasteiger partial charge in [0.05, 0.1) is 26.2 Å². The second-order valence-corrected chi connectivity index (χ2v) is 21.2. The van der Waals surface area contributed by atoms with Crippen molar-refractivity contribution in [1.29, 1.82) is 0 Å². The number of unbranched alkanes of at least 4 members (excludes halogenated alkanes) is 15. The van der Waals surface area contributed by atoms with Crippen LogP contribution in [0.4, 0.5) is 0 Å². The molecule has 0 aromatic heterocycles. The first-order chi connectivity index (χ1) is 39.2. The van der Waals surface area contributed by atoms with Gasteiger partial charge in [-0.2, -0.15) is 0 Å². The van der Waals surface area contributed by atoms with Crippen LogP contribution in [0.1, 0.15) is 226 Å². The Morgan fingerprint density at radius 2 is 0.688 bits per heavy atom. The molecule has 0 rings (SSSR count). The molecule has 12 heteroatoms. The number of rotatable bonds is 55. The van der Waals surface area contributed by atoms with E-state index in [4.69, 9.17) is 23.3 Å². The van der Waals surface area contributed by atoms with Gasteiger partial charge in [-0.05, 0) is 122 Å². The van der Waals surface area contributed by atoms with Crippen molar-refractivity contribution in [2.45, 2.75) is 238 Å². The Hall–Kier alpha value is -4.64. The number of allylic oxidation sites excluding steroid dienone is 23. The highest BCUT2D eigenvalue weighted by Gasteiger charge is 2.28. The van der Waals surface area contributed by atoms with E-state index in [1.165, 1.54) is 57.8 Å². The predicted molar refractivity (Wildman–Crippen MR) is 334 cm³/mol. The quantitative estimate of drug-likeness (QED) is 0.0197. The molecule has 0 bridgehead atoms. The zero-order valence-corrected chi connectivity index (χ0v) is 50.9. The van der Waals surface area contributed by atoms with Crippen LogP contribution >= 0.6 is 7.82 Å². The molecule has 11 nitrogen and oxygen atoms in total. The minimum atomic E-state index is -4.79. The fourth-order valence-electron chi connectivity index (χ4n) is 7.66. The summed E-state index contributed by atoms with van der Waals surface area (Å²) >= 11 is 0. The number of phosphoric acid groups is 1. The lowest BCUT2D eigenvalue weighted by atomic mass is 10.1. The van der Waals surface area contributed by atoms with Crippen LogP contribution in [0.5, 0.6) is 0 Å². The first-order valence-corrected chi connectivity index (χ1v) is 32.2. The summed E-state index contributed by atoms with van der Waals surface area (Å²) in [4.78, 5) is 48.6. The van der Waals surface area contributed by atoms with E-state index in [2.05, 4.69) is 148 Å². The molecule has 0 saturated heterocycles. The first kappa shape index (κ1) is 75.4. The van der Waals surface area contributed by atoms with Gasteiger partial charge < -0.3 is 24.2 Å². The van der Waals surface area contributed by atoms with Gasteiger partial charge in [0.1, 0.15) is 12.7 Å². The van der Waals surface area contributed by atoms with Crippen molar-refractivity contribution >= 4 is 25.7 Å². The molecule has 0 aliphatic heterocycles. The van der Waals surface area contributed by atoms with Gasteiger partial charge in [0.2, 0.25) is 0 Å². The van der Waals surface area contributed by atoms with Crippen LogP contribution in [0.25, 0.3) is 0 Å². The summed E-state index contributed by atoms with van der Waals surface area (Å²) < 4.78 is 39.5. The second kappa shape index (κ2) is 60.5. The molecule has 0 spiro atoms. The molecule has 2 N–H and O–H groups in total. The molecule has 0 radical (unpaired) electrons. The van der Waals surface area contributed by atoms with Crippen LogP contribution in [0.2, 0.25) is 0 Å². The van der Waals surface area contributed by atoms with Crippen LogP contribution in [0.15, 0.2) is 146 Å². The van der Waals surface area contributed by atoms with E-state index >= 15 is 0 Å². The molecule has 3 atom stereocenters. The number of hydrogen-bond donors (Lipinski definition) is 2. The number of ether oxygens (including phenoxy) is 3. The number of carbonyl (C=O) groups is 3. The van der Waals surface area contributed by atoms with Crippen molar-refractivity contribution in [2.75, 3.05) is 26.4 Å². The molecule has 0 aromatic rings. The average molecular weight is 1130 g/mol. The molecule has 0 heterocycles. The number of carbonyl (C=O) groups excluding carboxylic acids is 3. The van der Waals surface area contributed by atoms with Crippen molar-refractivity contribution < 1.29 is 52.2 Å². The Morgan fingerprint density at radius 1 is 0.375 bits per heavy atom. The van der Waals surface area contributed by atoms with Gasteiger partial charge in [-0.15, -0.1) is 0 Å². The van der Waals surface area contributed by atoms with Crippen LogP contribution in [0.3, 0.4) is 0 Å². The minimum Gasteiger partial charge on any atom is -0.461 e. The number of esters is 3. The third kappa shape index (κ3) is 58.0. The molecule has 80 heavy (non-hydrogen) atoms. The van der Waals surface area contributed by atoms with E-state index in [0.717, 1.165) is 109 Å². The molecular formula is C68H109O11P. The molecule has 3 unspecified atom stereocenters. The highest BCUT2D eigenvalue weighted by Crippen LogP contribution is 2.43. The molecule has 0 aliphatic rings. The van der Waals surface area contributed by atoms with E-state index in [-0.39, 0.29) is 19.3 Å². The maximum atomic E-state index is 12.9. The lowest BCUT2D eigenvalue weighted by Gasteiger charge is -2.21. The van der Waals surface area contributed by atoms with Crippen LogP contribution in [0, 0.1) is 0 Å². The summed E-state index contributed by atoms with van der Waals surface area (Å²) in [6.45, 7) is 4.23. The van der Waals surface area contributed by atoms with E-state index in [1.807, 2.05) is 12.2 Å². The van der Waals surface area contributed by atoms with Crippen molar-refractivity contribution in [3.63, 3.8) is 0 Å². The molecule has 0 aromatic carbocycles. The first-order valence-electron chi connectivity index (χ1n) is 30.7. The number of aliphatic hydroxyl groups is 1. The van der Waals surface area contributed by atoms with Gasteiger partial charge >= 0.3 is 25.7 Å². The van der Waals surface area contributed by atoms with Crippen molar-refractivity contribution in [3.05, 3.63) is 146 Å². The molecule has 0 saturated carbocycles. The van der Waals surface area contributed by atoms with Crippen molar-refractivity contribution in [1.82, 2.24) is 0 Å². The standard InChI is InChI=1S/C68H109O11P/c1-4-7-10-13-16-19-22-25-28-30-32-34-37-40-43-46-49-52-55-58-67(71)78-64(60-69)62-76-80(73,74)77-63-65(61-75-66(70)57-54-51-48-45-42-39-36-27-24-21-18-15-12-9-6-3)79-68(72)59-56-53-50-47-44-41-38-35-33-31-29-26-23-20-17-14-11-8-5-2/h8-9,11-12,16-21,25-29,33,35-36,41-42,44-45,51,54,64-65,69H,4-7,10,13-15,22-24,30-32,34,37-40,43,46-50,52-53,55-63H2,1-3H3,(H,73,74)/b11-8-,12-9-,19-16-,20-17-,21-18-,28-25-,29-26-,35-33-,36-27-,44-41-,45-42-,54-51-. The van der Waals surface area contributed by atoms with E-state index in [9.17, 15) is 28.9 Å². The van der Waals surface area contributed by atoms with Crippen LogP contribution < -0.4 is 0 Å². The fraction of sp³-hybridized carbons (Fsp3) is 0.603. The normalized spacial score (nSPS) is 14.3. The molecule has 0 amide bonds. The summed E-state index contributed by atoms with van der Waals surface area (Å²) in [5.74, 6) is -1.67. The van der Waals surface area contributed by atoms with Gasteiger partial charge in [0, 0.05) is 12.8 Å². The summed E-state index contributed by atoms with van der Waals surface area (Å²) in [7, 11) is -4.79. The minimum absolute atomic E-state index is 0.0213. The zero-order chi connectivity index (χ0) is 58.3. The summed E-state index contributed by atoms with van der Waals surface area (Å²) in [5, 5.41) is 9.85. The lowest BCUT2D eigenvalue weighted by Crippen LogP contribution is -2.30.